The summed E-state index contributed by atoms with van der Waals surface area (Å²) < 4.78 is 0. The van der Waals surface area contributed by atoms with Crippen LogP contribution in [-0.4, -0.2) is 0 Å². The van der Waals surface area contributed by atoms with Crippen molar-refractivity contribution in [3.8, 4) is 90.0 Å². The molecule has 0 N–H and O–H groups in total. The highest BCUT2D eigenvalue weighted by atomic mass is 14.7. The van der Waals surface area contributed by atoms with Crippen molar-refractivity contribution in [3.63, 3.8) is 0 Å². The number of nitrogens with zero attached hydrogens (tertiary/aromatic N) is 4. The van der Waals surface area contributed by atoms with E-state index >= 15 is 0 Å². The molecule has 4 nitrogen and oxygen atoms in total. The first-order valence-electron chi connectivity index (χ1n) is 18.3. The van der Waals surface area contributed by atoms with Gasteiger partial charge in [0.15, 0.2) is 11.4 Å². The average Bonchev–Trinajstić information content (AvgIpc) is 3.76. The third-order valence-electron chi connectivity index (χ3n) is 11.6. The van der Waals surface area contributed by atoms with Gasteiger partial charge < -0.3 is 0 Å². The predicted octanol–water partition coefficient (Wildman–Crippen LogP) is 14.3. The smallest absolute Gasteiger partial charge is 0.195 e. The van der Waals surface area contributed by atoms with Gasteiger partial charge in [0.1, 0.15) is 0 Å². The van der Waals surface area contributed by atoms with Gasteiger partial charge in [-0.3, -0.25) is 0 Å². The highest BCUT2D eigenvalue weighted by Crippen LogP contribution is 2.63. The third kappa shape index (κ3) is 4.19. The second-order valence-electron chi connectivity index (χ2n) is 14.4. The van der Waals surface area contributed by atoms with E-state index < -0.39 is 0 Å². The molecule has 9 aromatic carbocycles. The number of hydrogen-bond acceptors (Lipinski definition) is 2. The minimum absolute atomic E-state index is 0.455. The molecule has 2 aliphatic rings. The zero-order valence-electron chi connectivity index (χ0n) is 29.6. The Labute approximate surface area is 322 Å². The van der Waals surface area contributed by atoms with Gasteiger partial charge >= 0.3 is 0 Å². The lowest BCUT2D eigenvalue weighted by Gasteiger charge is -2.22. The van der Waals surface area contributed by atoms with Crippen LogP contribution in [0.3, 0.4) is 0 Å². The Kier molecular flexibility index (Phi) is 6.48. The van der Waals surface area contributed by atoms with Crippen molar-refractivity contribution in [2.24, 2.45) is 0 Å². The largest absolute Gasteiger partial charge is 0.238 e. The fraction of sp³-hybridized carbons (Fsp3) is 0. The molecule has 0 amide bonds. The van der Waals surface area contributed by atoms with Crippen LogP contribution in [0, 0.1) is 35.8 Å². The lowest BCUT2D eigenvalue weighted by atomic mass is 9.80. The van der Waals surface area contributed by atoms with E-state index in [9.17, 15) is 10.5 Å². The Hall–Kier alpha value is -8.28. The lowest BCUT2D eigenvalue weighted by molar-refractivity contribution is 1.48. The monoisotopic (exact) mass is 704 g/mol. The van der Waals surface area contributed by atoms with Crippen LogP contribution in [0.15, 0.2) is 146 Å². The van der Waals surface area contributed by atoms with Crippen LogP contribution < -0.4 is 0 Å². The summed E-state index contributed by atoms with van der Waals surface area (Å²) >= 11 is 0. The summed E-state index contributed by atoms with van der Waals surface area (Å²) in [4.78, 5) is 8.02. The Morgan fingerprint density at radius 3 is 1.39 bits per heavy atom. The third-order valence-corrected chi connectivity index (χ3v) is 11.6. The first kappa shape index (κ1) is 31.3. The summed E-state index contributed by atoms with van der Waals surface area (Å²) in [5, 5.41) is 26.5. The topological polar surface area (TPSA) is 56.3 Å². The SMILES string of the molecule is [C-]#[N+]c1ccc(C#N)cc1-c1c2c(c(-c3cc(C#N)ccc3[N+]#[C-])c3cc4ccccc4cc13)-c1ccc3c4c(ccc-2c14)-c1ccc(-c2ccccc2)cc1-3. The molecule has 0 aliphatic heterocycles. The summed E-state index contributed by atoms with van der Waals surface area (Å²) in [6.07, 6.45) is 0. The molecule has 0 fully saturated rings. The Bertz CT molecular complexity index is 3310. The molecule has 252 valence electrons. The van der Waals surface area contributed by atoms with Crippen molar-refractivity contribution in [2.75, 3.05) is 0 Å². The van der Waals surface area contributed by atoms with Crippen molar-refractivity contribution < 1.29 is 0 Å². The van der Waals surface area contributed by atoms with Gasteiger partial charge in [0.2, 0.25) is 0 Å². The van der Waals surface area contributed by atoms with E-state index in [0.717, 1.165) is 71.4 Å². The van der Waals surface area contributed by atoms with Crippen molar-refractivity contribution >= 4 is 43.7 Å². The van der Waals surface area contributed by atoms with Crippen molar-refractivity contribution in [1.29, 1.82) is 10.5 Å². The zero-order valence-corrected chi connectivity index (χ0v) is 29.6. The number of hydrogen-bond donors (Lipinski definition) is 0. The molecule has 0 saturated heterocycles. The quantitative estimate of drug-likeness (QED) is 0.136. The molecule has 0 unspecified atom stereocenters. The van der Waals surface area contributed by atoms with Gasteiger partial charge in [-0.05, 0) is 141 Å². The second kappa shape index (κ2) is 11.6. The Morgan fingerprint density at radius 1 is 0.375 bits per heavy atom. The van der Waals surface area contributed by atoms with E-state index in [1.54, 1.807) is 24.3 Å². The number of fused-ring (bicyclic) bond motifs is 8. The zero-order chi connectivity index (χ0) is 37.7. The number of rotatable bonds is 3. The first-order chi connectivity index (χ1) is 27.6. The standard InChI is InChI=1S/C52H24N4/c1-55-45-20-12-29(27-53)22-43(45)49-41-25-32-10-6-7-11-33(32)26-42(41)50(44-23-30(28-54)13-21-46(44)56-2)52-39-19-17-37-40-24-34(31-8-4-3-5-9-31)14-15-35(40)36-16-18-38(51(49)52)48(39)47(36)37/h3-26H. The molecule has 0 saturated carbocycles. The van der Waals surface area contributed by atoms with E-state index in [4.69, 9.17) is 13.1 Å². The normalized spacial score (nSPS) is 11.5. The Morgan fingerprint density at radius 2 is 0.857 bits per heavy atom. The number of benzene rings is 9. The second-order valence-corrected chi connectivity index (χ2v) is 14.4. The fourth-order valence-corrected chi connectivity index (χ4v) is 9.25. The predicted molar refractivity (Wildman–Crippen MR) is 226 cm³/mol. The van der Waals surface area contributed by atoms with Gasteiger partial charge in [0, 0.05) is 0 Å². The minimum atomic E-state index is 0.455. The molecular weight excluding hydrogens is 681 g/mol. The highest BCUT2D eigenvalue weighted by molar-refractivity contribution is 6.33. The molecule has 0 heterocycles. The highest BCUT2D eigenvalue weighted by Gasteiger charge is 2.35. The summed E-state index contributed by atoms with van der Waals surface area (Å²) in [6, 6.07) is 53.9. The molecule has 9 aromatic rings. The van der Waals surface area contributed by atoms with Crippen molar-refractivity contribution in [3.05, 3.63) is 180 Å². The summed E-state index contributed by atoms with van der Waals surface area (Å²) in [7, 11) is 0. The molecule has 0 radical (unpaired) electrons. The number of nitriles is 2. The van der Waals surface area contributed by atoms with Crippen LogP contribution in [0.5, 0.6) is 0 Å². The summed E-state index contributed by atoms with van der Waals surface area (Å²) in [6.45, 7) is 16.6. The van der Waals surface area contributed by atoms with Crippen molar-refractivity contribution in [1.82, 2.24) is 0 Å². The maximum atomic E-state index is 10.1. The molecule has 11 rings (SSSR count). The fourth-order valence-electron chi connectivity index (χ4n) is 9.25. The molecule has 4 heteroatoms. The van der Waals surface area contributed by atoms with E-state index in [1.165, 1.54) is 27.6 Å². The molecule has 0 atom stereocenters. The van der Waals surface area contributed by atoms with Gasteiger partial charge in [-0.2, -0.15) is 10.5 Å². The molecule has 0 aromatic heterocycles. The molecular formula is C52H24N4. The summed E-state index contributed by atoms with van der Waals surface area (Å²) in [5.74, 6) is 0. The van der Waals surface area contributed by atoms with Crippen LogP contribution >= 0.6 is 0 Å². The van der Waals surface area contributed by atoms with Crippen LogP contribution in [0.25, 0.3) is 120 Å². The molecule has 0 bridgehead atoms. The molecule has 2 aliphatic carbocycles. The molecule has 0 spiro atoms. The Balaban J connectivity index is 1.34. The van der Waals surface area contributed by atoms with Crippen LogP contribution in [0.4, 0.5) is 11.4 Å². The van der Waals surface area contributed by atoms with Gasteiger partial charge in [-0.25, -0.2) is 9.69 Å². The van der Waals surface area contributed by atoms with E-state index in [2.05, 4.69) is 113 Å². The average molecular weight is 705 g/mol. The van der Waals surface area contributed by atoms with E-state index in [1.807, 2.05) is 30.3 Å². The van der Waals surface area contributed by atoms with Crippen LogP contribution in [0.2, 0.25) is 0 Å². The van der Waals surface area contributed by atoms with E-state index in [-0.39, 0.29) is 0 Å². The maximum absolute atomic E-state index is 10.1. The minimum Gasteiger partial charge on any atom is -0.238 e. The molecule has 56 heavy (non-hydrogen) atoms. The van der Waals surface area contributed by atoms with Gasteiger partial charge in [0.05, 0.1) is 36.4 Å². The van der Waals surface area contributed by atoms with Crippen molar-refractivity contribution in [2.45, 2.75) is 0 Å². The van der Waals surface area contributed by atoms with Gasteiger partial charge in [0.25, 0.3) is 0 Å². The van der Waals surface area contributed by atoms with Gasteiger partial charge in [-0.15, -0.1) is 0 Å². The van der Waals surface area contributed by atoms with Crippen LogP contribution in [-0.2, 0) is 0 Å². The lowest BCUT2D eigenvalue weighted by Crippen LogP contribution is -1.95. The van der Waals surface area contributed by atoms with Gasteiger partial charge in [-0.1, -0.05) is 115 Å². The first-order valence-corrected chi connectivity index (χ1v) is 18.3. The summed E-state index contributed by atoms with van der Waals surface area (Å²) in [5.41, 5.74) is 16.0. The maximum Gasteiger partial charge on any atom is 0.195 e. The van der Waals surface area contributed by atoms with Crippen LogP contribution in [0.1, 0.15) is 11.1 Å². The van der Waals surface area contributed by atoms with E-state index in [0.29, 0.717) is 33.6 Å².